The third-order valence-electron chi connectivity index (χ3n) is 3.02. The summed E-state index contributed by atoms with van der Waals surface area (Å²) in [7, 11) is 2.09. The summed E-state index contributed by atoms with van der Waals surface area (Å²) in [5.41, 5.74) is 6.96. The molecule has 0 aliphatic rings. The molecule has 0 aromatic heterocycles. The van der Waals surface area contributed by atoms with Crippen LogP contribution in [0.5, 0.6) is 0 Å². The molecular formula is C13H21ClN2. The van der Waals surface area contributed by atoms with E-state index in [1.807, 2.05) is 24.3 Å². The molecule has 1 aromatic rings. The Hall–Kier alpha value is -0.730. The topological polar surface area (TPSA) is 29.3 Å². The number of hydrogen-bond donors (Lipinski definition) is 1. The average molecular weight is 241 g/mol. The molecule has 0 heterocycles. The van der Waals surface area contributed by atoms with Crippen molar-refractivity contribution in [1.29, 1.82) is 0 Å². The molecule has 1 unspecified atom stereocenters. The zero-order valence-electron chi connectivity index (χ0n) is 10.3. The maximum atomic E-state index is 5.86. The van der Waals surface area contributed by atoms with Gasteiger partial charge in [-0.3, -0.25) is 0 Å². The fraction of sp³-hybridized carbons (Fsp3) is 0.538. The van der Waals surface area contributed by atoms with Crippen molar-refractivity contribution < 1.29 is 0 Å². The first-order valence-electron chi connectivity index (χ1n) is 5.71. The largest absolute Gasteiger partial charge is 0.374 e. The number of anilines is 1. The molecule has 0 aliphatic carbocycles. The maximum Gasteiger partial charge on any atom is 0.0407 e. The highest BCUT2D eigenvalue weighted by molar-refractivity contribution is 6.30. The molecule has 1 aromatic carbocycles. The number of nitrogens with zero attached hydrogens (tertiary/aromatic N) is 1. The van der Waals surface area contributed by atoms with Gasteiger partial charge in [0.2, 0.25) is 0 Å². The molecule has 90 valence electrons. The predicted molar refractivity (Wildman–Crippen MR) is 72.1 cm³/mol. The van der Waals surface area contributed by atoms with Gasteiger partial charge in [-0.05, 0) is 42.6 Å². The van der Waals surface area contributed by atoms with Gasteiger partial charge in [-0.25, -0.2) is 0 Å². The average Bonchev–Trinajstić information content (AvgIpc) is 2.26. The van der Waals surface area contributed by atoms with Crippen LogP contribution in [0.3, 0.4) is 0 Å². The molecule has 1 atom stereocenters. The zero-order valence-corrected chi connectivity index (χ0v) is 11.0. The van der Waals surface area contributed by atoms with Gasteiger partial charge in [0.25, 0.3) is 0 Å². The minimum atomic E-state index is 0.528. The second-order valence-electron chi connectivity index (χ2n) is 4.60. The van der Waals surface area contributed by atoms with Gasteiger partial charge in [0.05, 0.1) is 0 Å². The van der Waals surface area contributed by atoms with E-state index in [1.165, 1.54) is 5.69 Å². The van der Waals surface area contributed by atoms with E-state index in [4.69, 9.17) is 17.3 Å². The molecule has 0 amide bonds. The van der Waals surface area contributed by atoms with Gasteiger partial charge in [0, 0.05) is 24.3 Å². The highest BCUT2D eigenvalue weighted by Crippen LogP contribution is 2.19. The molecule has 0 saturated heterocycles. The number of halogens is 1. The van der Waals surface area contributed by atoms with Gasteiger partial charge in [0.15, 0.2) is 0 Å². The van der Waals surface area contributed by atoms with Crippen LogP contribution < -0.4 is 10.6 Å². The lowest BCUT2D eigenvalue weighted by molar-refractivity contribution is 0.398. The summed E-state index contributed by atoms with van der Waals surface area (Å²) in [6, 6.07) is 7.91. The van der Waals surface area contributed by atoms with Crippen molar-refractivity contribution in [2.45, 2.75) is 13.8 Å². The molecule has 0 bridgehead atoms. The lowest BCUT2D eigenvalue weighted by Crippen LogP contribution is -2.33. The quantitative estimate of drug-likeness (QED) is 0.858. The van der Waals surface area contributed by atoms with Crippen LogP contribution >= 0.6 is 11.6 Å². The van der Waals surface area contributed by atoms with Crippen LogP contribution in [0.2, 0.25) is 5.02 Å². The number of benzene rings is 1. The Kier molecular flexibility index (Phi) is 5.10. The standard InChI is InChI=1S/C13H21ClN2/c1-10(2)11(8-15)9-16(3)13-6-4-12(14)5-7-13/h4-7,10-11H,8-9,15H2,1-3H3. The molecule has 0 spiro atoms. The van der Waals surface area contributed by atoms with Crippen LogP contribution in [0.1, 0.15) is 13.8 Å². The van der Waals surface area contributed by atoms with E-state index in [0.29, 0.717) is 11.8 Å². The van der Waals surface area contributed by atoms with Gasteiger partial charge in [-0.2, -0.15) is 0 Å². The fourth-order valence-corrected chi connectivity index (χ4v) is 1.84. The smallest absolute Gasteiger partial charge is 0.0407 e. The molecule has 2 nitrogen and oxygen atoms in total. The van der Waals surface area contributed by atoms with Crippen molar-refractivity contribution in [2.24, 2.45) is 17.6 Å². The molecule has 1 rings (SSSR count). The van der Waals surface area contributed by atoms with Gasteiger partial charge in [-0.1, -0.05) is 25.4 Å². The molecular weight excluding hydrogens is 220 g/mol. The third-order valence-corrected chi connectivity index (χ3v) is 3.27. The molecule has 16 heavy (non-hydrogen) atoms. The van der Waals surface area contributed by atoms with E-state index >= 15 is 0 Å². The first kappa shape index (κ1) is 13.3. The van der Waals surface area contributed by atoms with Crippen molar-refractivity contribution >= 4 is 17.3 Å². The fourth-order valence-electron chi connectivity index (χ4n) is 1.71. The molecule has 0 fully saturated rings. The Balaban J connectivity index is 2.64. The minimum Gasteiger partial charge on any atom is -0.374 e. The third kappa shape index (κ3) is 3.69. The normalized spacial score (nSPS) is 12.9. The highest BCUT2D eigenvalue weighted by Gasteiger charge is 2.14. The SMILES string of the molecule is CC(C)C(CN)CN(C)c1ccc(Cl)cc1. The van der Waals surface area contributed by atoms with Crippen LogP contribution in [-0.4, -0.2) is 20.1 Å². The summed E-state index contributed by atoms with van der Waals surface area (Å²) in [6.45, 7) is 6.14. The van der Waals surface area contributed by atoms with E-state index in [0.717, 1.165) is 18.1 Å². The monoisotopic (exact) mass is 240 g/mol. The lowest BCUT2D eigenvalue weighted by atomic mass is 9.95. The summed E-state index contributed by atoms with van der Waals surface area (Å²) < 4.78 is 0. The molecule has 0 radical (unpaired) electrons. The van der Waals surface area contributed by atoms with E-state index in [2.05, 4.69) is 25.8 Å². The van der Waals surface area contributed by atoms with Crippen molar-refractivity contribution in [3.8, 4) is 0 Å². The second-order valence-corrected chi connectivity index (χ2v) is 5.03. The Morgan fingerprint density at radius 3 is 2.25 bits per heavy atom. The molecule has 2 N–H and O–H groups in total. The van der Waals surface area contributed by atoms with Crippen LogP contribution in [0.4, 0.5) is 5.69 Å². The van der Waals surface area contributed by atoms with Crippen molar-refractivity contribution in [3.63, 3.8) is 0 Å². The predicted octanol–water partition coefficient (Wildman–Crippen LogP) is 3.01. The summed E-state index contributed by atoms with van der Waals surface area (Å²) in [6.07, 6.45) is 0. The first-order chi connectivity index (χ1) is 7.54. The van der Waals surface area contributed by atoms with Crippen LogP contribution in [0.25, 0.3) is 0 Å². The van der Waals surface area contributed by atoms with Gasteiger partial charge in [0.1, 0.15) is 0 Å². The van der Waals surface area contributed by atoms with E-state index in [1.54, 1.807) is 0 Å². The Labute approximate surface area is 103 Å². The summed E-state index contributed by atoms with van der Waals surface area (Å²) in [4.78, 5) is 2.23. The molecule has 0 aliphatic heterocycles. The number of nitrogens with two attached hydrogens (primary N) is 1. The van der Waals surface area contributed by atoms with E-state index in [-0.39, 0.29) is 0 Å². The number of rotatable bonds is 5. The lowest BCUT2D eigenvalue weighted by Gasteiger charge is -2.27. The second kappa shape index (κ2) is 6.12. The molecule has 3 heteroatoms. The van der Waals surface area contributed by atoms with Crippen LogP contribution in [0, 0.1) is 11.8 Å². The minimum absolute atomic E-state index is 0.528. The molecule has 0 saturated carbocycles. The van der Waals surface area contributed by atoms with E-state index in [9.17, 15) is 0 Å². The van der Waals surface area contributed by atoms with Crippen molar-refractivity contribution in [3.05, 3.63) is 29.3 Å². The van der Waals surface area contributed by atoms with Crippen LogP contribution in [-0.2, 0) is 0 Å². The summed E-state index contributed by atoms with van der Waals surface area (Å²) >= 11 is 5.86. The Morgan fingerprint density at radius 1 is 1.25 bits per heavy atom. The first-order valence-corrected chi connectivity index (χ1v) is 6.09. The summed E-state index contributed by atoms with van der Waals surface area (Å²) in [5.74, 6) is 1.14. The van der Waals surface area contributed by atoms with Crippen molar-refractivity contribution in [2.75, 3.05) is 25.0 Å². The highest BCUT2D eigenvalue weighted by atomic mass is 35.5. The van der Waals surface area contributed by atoms with Gasteiger partial charge in [-0.15, -0.1) is 0 Å². The number of hydrogen-bond acceptors (Lipinski definition) is 2. The van der Waals surface area contributed by atoms with Crippen molar-refractivity contribution in [1.82, 2.24) is 0 Å². The summed E-state index contributed by atoms with van der Waals surface area (Å²) in [5, 5.41) is 0.774. The van der Waals surface area contributed by atoms with Crippen LogP contribution in [0.15, 0.2) is 24.3 Å². The maximum absolute atomic E-state index is 5.86. The zero-order chi connectivity index (χ0) is 12.1. The Morgan fingerprint density at radius 2 is 1.81 bits per heavy atom. The van der Waals surface area contributed by atoms with E-state index < -0.39 is 0 Å². The Bertz CT molecular complexity index is 308. The van der Waals surface area contributed by atoms with Gasteiger partial charge >= 0.3 is 0 Å². The van der Waals surface area contributed by atoms with Gasteiger partial charge < -0.3 is 10.6 Å².